The Kier molecular flexibility index (Phi) is 11.6. The summed E-state index contributed by atoms with van der Waals surface area (Å²) in [4.78, 5) is 73.6. The number of amides is 4. The van der Waals surface area contributed by atoms with Crippen molar-refractivity contribution in [3.63, 3.8) is 0 Å². The summed E-state index contributed by atoms with van der Waals surface area (Å²) in [6, 6.07) is 12.8. The second-order valence-corrected chi connectivity index (χ2v) is 16.1. The van der Waals surface area contributed by atoms with E-state index in [1.807, 2.05) is 27.5 Å². The van der Waals surface area contributed by atoms with Crippen LogP contribution in [0.1, 0.15) is 83.3 Å². The fourth-order valence-corrected chi connectivity index (χ4v) is 8.43. The number of nitrogens with two attached hydrogens (primary N) is 1. The van der Waals surface area contributed by atoms with Crippen molar-refractivity contribution < 1.29 is 19.2 Å². The lowest BCUT2D eigenvalue weighted by atomic mass is 10.0. The number of fused-ring (bicyclic) bond motifs is 2. The Morgan fingerprint density at radius 3 is 2.42 bits per heavy atom. The van der Waals surface area contributed by atoms with Crippen LogP contribution in [0.5, 0.6) is 0 Å². The van der Waals surface area contributed by atoms with Crippen LogP contribution >= 0.6 is 0 Å². The van der Waals surface area contributed by atoms with Crippen LogP contribution in [0.15, 0.2) is 79.6 Å². The molecule has 1 atom stereocenters. The van der Waals surface area contributed by atoms with Crippen LogP contribution in [0.4, 0.5) is 23.0 Å². The van der Waals surface area contributed by atoms with E-state index in [0.29, 0.717) is 39.8 Å². The van der Waals surface area contributed by atoms with E-state index >= 15 is 0 Å². The number of unbranched alkanes of at least 4 members (excludes halogenated alkanes) is 5. The summed E-state index contributed by atoms with van der Waals surface area (Å²) in [7, 11) is 0. The number of benzene rings is 2. The fourth-order valence-electron chi connectivity index (χ4n) is 8.43. The number of nitrogens with zero attached hydrogens (tertiary/aromatic N) is 11. The largest absolute Gasteiger partial charge is 0.382 e. The molecule has 3 aliphatic heterocycles. The average molecular weight is 837 g/mol. The molecule has 62 heavy (non-hydrogen) atoms. The zero-order valence-corrected chi connectivity index (χ0v) is 34.3. The van der Waals surface area contributed by atoms with Crippen molar-refractivity contribution in [1.82, 2.24) is 54.4 Å². The zero-order valence-electron chi connectivity index (χ0n) is 34.3. The molecule has 4 amide bonds. The van der Waals surface area contributed by atoms with Gasteiger partial charge in [-0.05, 0) is 67.6 Å². The molecule has 0 saturated carbocycles. The van der Waals surface area contributed by atoms with E-state index in [1.165, 1.54) is 11.9 Å². The van der Waals surface area contributed by atoms with Crippen molar-refractivity contribution in [2.24, 2.45) is 0 Å². The minimum absolute atomic E-state index is 0.104. The highest BCUT2D eigenvalue weighted by Gasteiger charge is 2.44. The number of carbonyl (C=O) groups is 4. The summed E-state index contributed by atoms with van der Waals surface area (Å²) in [6.07, 6.45) is 18.2. The summed E-state index contributed by atoms with van der Waals surface area (Å²) >= 11 is 0. The molecule has 2 fully saturated rings. The van der Waals surface area contributed by atoms with Crippen LogP contribution in [0.2, 0.25) is 0 Å². The molecule has 0 aliphatic carbocycles. The number of piperazine rings is 1. The van der Waals surface area contributed by atoms with Crippen LogP contribution < -0.4 is 21.3 Å². The molecule has 0 spiro atoms. The van der Waals surface area contributed by atoms with E-state index in [0.717, 1.165) is 106 Å². The Balaban J connectivity index is 0.665. The van der Waals surface area contributed by atoms with Gasteiger partial charge < -0.3 is 20.4 Å². The van der Waals surface area contributed by atoms with E-state index in [2.05, 4.69) is 76.2 Å². The summed E-state index contributed by atoms with van der Waals surface area (Å²) in [5.41, 5.74) is 12.5. The Bertz CT molecular complexity index is 2620. The first kappa shape index (κ1) is 40.3. The summed E-state index contributed by atoms with van der Waals surface area (Å²) < 4.78 is 3.86. The minimum atomic E-state index is -0.950. The van der Waals surface area contributed by atoms with Crippen molar-refractivity contribution in [3.05, 3.63) is 102 Å². The quantitative estimate of drug-likeness (QED) is 0.0910. The van der Waals surface area contributed by atoms with E-state index in [4.69, 9.17) is 10.7 Å². The smallest absolute Gasteiger partial charge is 0.262 e. The standard InChI is InChI=1S/C44H48N14O4/c45-38-25-46-24-35(49-38)36-28-56-18-16-47-41(56)40(50-36)48-30-9-11-32(12-10-30)55-21-19-54(20-22-55)26-31-27-57(53-52-31)17-6-4-2-1-3-5-7-29-8-13-33-34(23-29)44(62)58(43(33)61)37-14-15-39(59)51-42(37)60/h8-13,16,18,23-25,27-28,37H,1-7,14-15,17,19-22,26H2,(H2,45,49)(H,48,50)(H,51,59,60). The summed E-state index contributed by atoms with van der Waals surface area (Å²) in [6.45, 7) is 5.32. The number of imide groups is 2. The van der Waals surface area contributed by atoms with Crippen LogP contribution in [-0.2, 0) is 29.1 Å². The molecule has 318 valence electrons. The average Bonchev–Trinajstić information content (AvgIpc) is 4.01. The molecular weight excluding hydrogens is 789 g/mol. The van der Waals surface area contributed by atoms with Crippen molar-refractivity contribution in [1.29, 1.82) is 0 Å². The number of piperidine rings is 1. The number of aryl methyl sites for hydroxylation is 2. The Morgan fingerprint density at radius 2 is 1.61 bits per heavy atom. The number of carbonyl (C=O) groups excluding carboxylic acids is 4. The van der Waals surface area contributed by atoms with Gasteiger partial charge in [0.25, 0.3) is 11.8 Å². The van der Waals surface area contributed by atoms with Gasteiger partial charge in [-0.15, -0.1) is 5.10 Å². The monoisotopic (exact) mass is 836 g/mol. The molecular formula is C44H48N14O4. The van der Waals surface area contributed by atoms with Gasteiger partial charge in [-0.1, -0.05) is 37.0 Å². The predicted octanol–water partition coefficient (Wildman–Crippen LogP) is 4.41. The molecule has 9 rings (SSSR count). The number of aromatic nitrogens is 8. The predicted molar refractivity (Wildman–Crippen MR) is 230 cm³/mol. The van der Waals surface area contributed by atoms with E-state index in [-0.39, 0.29) is 18.7 Å². The summed E-state index contributed by atoms with van der Waals surface area (Å²) in [5.74, 6) is -0.977. The molecule has 18 heteroatoms. The molecule has 6 aromatic rings. The van der Waals surface area contributed by atoms with Gasteiger partial charge in [-0.2, -0.15) is 0 Å². The molecule has 2 aromatic carbocycles. The van der Waals surface area contributed by atoms with Crippen molar-refractivity contribution >= 4 is 52.3 Å². The maximum absolute atomic E-state index is 13.1. The third-order valence-corrected chi connectivity index (χ3v) is 11.7. The van der Waals surface area contributed by atoms with Crippen LogP contribution in [0.25, 0.3) is 17.0 Å². The van der Waals surface area contributed by atoms with Gasteiger partial charge in [0, 0.05) is 81.9 Å². The van der Waals surface area contributed by atoms with Gasteiger partial charge in [0.05, 0.1) is 29.2 Å². The minimum Gasteiger partial charge on any atom is -0.382 e. The number of nitrogen functional groups attached to an aromatic ring is 1. The zero-order chi connectivity index (χ0) is 42.6. The first-order chi connectivity index (χ1) is 30.3. The number of hydrogen-bond donors (Lipinski definition) is 3. The molecule has 7 heterocycles. The molecule has 0 bridgehead atoms. The highest BCUT2D eigenvalue weighted by atomic mass is 16.2. The second-order valence-electron chi connectivity index (χ2n) is 16.1. The van der Waals surface area contributed by atoms with Gasteiger partial charge >= 0.3 is 0 Å². The highest BCUT2D eigenvalue weighted by molar-refractivity contribution is 6.23. The summed E-state index contributed by atoms with van der Waals surface area (Å²) in [5, 5.41) is 14.5. The number of hydrogen-bond acceptors (Lipinski definition) is 14. The molecule has 3 aliphatic rings. The lowest BCUT2D eigenvalue weighted by Crippen LogP contribution is -2.54. The number of nitrogens with one attached hydrogen (secondary N) is 2. The van der Waals surface area contributed by atoms with Crippen LogP contribution in [0.3, 0.4) is 0 Å². The van der Waals surface area contributed by atoms with Gasteiger partial charge in [0.2, 0.25) is 11.8 Å². The van der Waals surface area contributed by atoms with Crippen LogP contribution in [0, 0.1) is 0 Å². The second kappa shape index (κ2) is 17.9. The Morgan fingerprint density at radius 1 is 0.823 bits per heavy atom. The molecule has 2 saturated heterocycles. The van der Waals surface area contributed by atoms with Crippen molar-refractivity contribution in [2.45, 2.75) is 76.9 Å². The molecule has 18 nitrogen and oxygen atoms in total. The number of rotatable bonds is 16. The molecule has 4 N–H and O–H groups in total. The maximum atomic E-state index is 13.1. The normalized spacial score (nSPS) is 16.9. The van der Waals surface area contributed by atoms with Crippen LogP contribution in [-0.4, -0.2) is 105 Å². The van der Waals surface area contributed by atoms with E-state index < -0.39 is 23.8 Å². The lowest BCUT2D eigenvalue weighted by molar-refractivity contribution is -0.136. The first-order valence-corrected chi connectivity index (χ1v) is 21.3. The van der Waals surface area contributed by atoms with Crippen molar-refractivity contribution in [3.8, 4) is 11.4 Å². The highest BCUT2D eigenvalue weighted by Crippen LogP contribution is 2.30. The maximum Gasteiger partial charge on any atom is 0.262 e. The van der Waals surface area contributed by atoms with Gasteiger partial charge in [-0.25, -0.2) is 15.0 Å². The van der Waals surface area contributed by atoms with Crippen molar-refractivity contribution in [2.75, 3.05) is 42.1 Å². The first-order valence-electron chi connectivity index (χ1n) is 21.3. The Hall–Kier alpha value is -7.08. The Labute approximate surface area is 357 Å². The fraction of sp³-hybridized carbons (Fsp3) is 0.364. The molecule has 1 unspecified atom stereocenters. The topological polar surface area (TPSA) is 215 Å². The van der Waals surface area contributed by atoms with E-state index in [1.54, 1.807) is 24.5 Å². The number of anilines is 4. The van der Waals surface area contributed by atoms with Gasteiger partial charge in [-0.3, -0.25) is 44.0 Å². The molecule has 4 aromatic heterocycles. The molecule has 0 radical (unpaired) electrons. The third kappa shape index (κ3) is 8.86. The van der Waals surface area contributed by atoms with Gasteiger partial charge in [0.15, 0.2) is 11.5 Å². The van der Waals surface area contributed by atoms with E-state index in [9.17, 15) is 19.2 Å². The lowest BCUT2D eigenvalue weighted by Gasteiger charge is -2.35. The number of imidazole rings is 1. The third-order valence-electron chi connectivity index (χ3n) is 11.7. The SMILES string of the molecule is Nc1cncc(-c2cn3ccnc3c(Nc3ccc(N4CCN(Cc5cn(CCCCCCCCc6ccc7c(c6)C(=O)N(C6CCC(=O)NC6=O)C7=O)nn5)CC4)cc3)n2)n1. The van der Waals surface area contributed by atoms with Gasteiger partial charge in [0.1, 0.15) is 23.2 Å².